The van der Waals surface area contributed by atoms with E-state index in [-0.39, 0.29) is 0 Å². The second-order valence-electron chi connectivity index (χ2n) is 5.84. The molecule has 1 aliphatic carbocycles. The van der Waals surface area contributed by atoms with Crippen LogP contribution in [0, 0.1) is 6.92 Å². The fraction of sp³-hybridized carbons (Fsp3) is 0.647. The highest BCUT2D eigenvalue weighted by Crippen LogP contribution is 2.21. The van der Waals surface area contributed by atoms with Gasteiger partial charge in [0.25, 0.3) is 0 Å². The van der Waals surface area contributed by atoms with Crippen LogP contribution in [0.1, 0.15) is 69.0 Å². The summed E-state index contributed by atoms with van der Waals surface area (Å²) in [5.74, 6) is 0. The Morgan fingerprint density at radius 3 is 2.39 bits per heavy atom. The van der Waals surface area contributed by atoms with Crippen molar-refractivity contribution in [3.63, 3.8) is 0 Å². The van der Waals surface area contributed by atoms with Crippen molar-refractivity contribution < 1.29 is 0 Å². The van der Waals surface area contributed by atoms with Gasteiger partial charge in [0.1, 0.15) is 0 Å². The van der Waals surface area contributed by atoms with E-state index >= 15 is 0 Å². The lowest BCUT2D eigenvalue weighted by atomic mass is 9.95. The molecule has 1 aromatic rings. The van der Waals surface area contributed by atoms with Crippen molar-refractivity contribution >= 4 is 0 Å². The lowest BCUT2D eigenvalue weighted by Gasteiger charge is -2.25. The summed E-state index contributed by atoms with van der Waals surface area (Å²) >= 11 is 0. The third-order valence-corrected chi connectivity index (χ3v) is 4.13. The van der Waals surface area contributed by atoms with E-state index in [0.717, 1.165) is 6.04 Å². The van der Waals surface area contributed by atoms with Crippen LogP contribution in [0.3, 0.4) is 0 Å². The zero-order chi connectivity index (χ0) is 12.8. The Balaban J connectivity index is 1.90. The van der Waals surface area contributed by atoms with Crippen molar-refractivity contribution in [2.75, 3.05) is 0 Å². The predicted octanol–water partition coefficient (Wildman–Crippen LogP) is 4.76. The summed E-state index contributed by atoms with van der Waals surface area (Å²) < 4.78 is 0. The van der Waals surface area contributed by atoms with E-state index in [0.29, 0.717) is 6.04 Å². The smallest absolute Gasteiger partial charge is 0.0294 e. The highest BCUT2D eigenvalue weighted by Gasteiger charge is 2.14. The van der Waals surface area contributed by atoms with Gasteiger partial charge in [0, 0.05) is 12.1 Å². The van der Waals surface area contributed by atoms with Crippen LogP contribution in [-0.4, -0.2) is 6.04 Å². The summed E-state index contributed by atoms with van der Waals surface area (Å²) in [6.07, 6.45) is 9.82. The second-order valence-corrected chi connectivity index (χ2v) is 5.84. The van der Waals surface area contributed by atoms with Crippen molar-refractivity contribution in [2.45, 2.75) is 70.9 Å². The van der Waals surface area contributed by atoms with E-state index in [2.05, 4.69) is 43.4 Å². The Labute approximate surface area is 112 Å². The fourth-order valence-electron chi connectivity index (χ4n) is 3.01. The van der Waals surface area contributed by atoms with E-state index in [4.69, 9.17) is 0 Å². The third kappa shape index (κ3) is 4.13. The van der Waals surface area contributed by atoms with Crippen LogP contribution in [0.15, 0.2) is 24.3 Å². The van der Waals surface area contributed by atoms with Crippen LogP contribution in [0.5, 0.6) is 0 Å². The summed E-state index contributed by atoms with van der Waals surface area (Å²) in [5.41, 5.74) is 2.79. The molecule has 1 aliphatic rings. The van der Waals surface area contributed by atoms with Crippen molar-refractivity contribution in [3.05, 3.63) is 35.4 Å². The van der Waals surface area contributed by atoms with E-state index in [1.165, 1.54) is 56.1 Å². The first-order valence-electron chi connectivity index (χ1n) is 7.58. The van der Waals surface area contributed by atoms with E-state index in [1.54, 1.807) is 0 Å². The molecular weight excluding hydrogens is 218 g/mol. The topological polar surface area (TPSA) is 12.0 Å². The van der Waals surface area contributed by atoms with Gasteiger partial charge in [0.2, 0.25) is 0 Å². The number of rotatable bonds is 3. The van der Waals surface area contributed by atoms with Crippen LogP contribution in [-0.2, 0) is 0 Å². The summed E-state index contributed by atoms with van der Waals surface area (Å²) in [7, 11) is 0. The molecule has 0 saturated heterocycles. The van der Waals surface area contributed by atoms with Crippen molar-refractivity contribution in [1.82, 2.24) is 5.32 Å². The number of aryl methyl sites for hydroxylation is 1. The number of benzene rings is 1. The maximum atomic E-state index is 3.83. The zero-order valence-corrected chi connectivity index (χ0v) is 11.9. The normalized spacial score (nSPS) is 20.1. The minimum Gasteiger partial charge on any atom is -0.307 e. The average Bonchev–Trinajstić information content (AvgIpc) is 2.32. The molecule has 1 heteroatoms. The Kier molecular flexibility index (Phi) is 5.25. The monoisotopic (exact) mass is 245 g/mol. The number of hydrogen-bond acceptors (Lipinski definition) is 1. The molecule has 0 unspecified atom stereocenters. The van der Waals surface area contributed by atoms with Crippen LogP contribution in [0.4, 0.5) is 0 Å². The van der Waals surface area contributed by atoms with Gasteiger partial charge in [-0.25, -0.2) is 0 Å². The van der Waals surface area contributed by atoms with Gasteiger partial charge in [-0.05, 0) is 32.3 Å². The Morgan fingerprint density at radius 2 is 1.72 bits per heavy atom. The van der Waals surface area contributed by atoms with Gasteiger partial charge in [-0.3, -0.25) is 0 Å². The van der Waals surface area contributed by atoms with Crippen molar-refractivity contribution in [1.29, 1.82) is 0 Å². The first-order chi connectivity index (χ1) is 8.75. The minimum absolute atomic E-state index is 0.481. The number of hydrogen-bond donors (Lipinski definition) is 1. The Hall–Kier alpha value is -0.820. The molecule has 0 heterocycles. The van der Waals surface area contributed by atoms with Crippen molar-refractivity contribution in [3.8, 4) is 0 Å². The van der Waals surface area contributed by atoms with Gasteiger partial charge < -0.3 is 5.32 Å². The molecule has 0 spiro atoms. The molecule has 1 atom stereocenters. The SMILES string of the molecule is Cc1cccc([C@@H](C)NC2CCCCCCC2)c1. The molecule has 1 saturated carbocycles. The summed E-state index contributed by atoms with van der Waals surface area (Å²) in [4.78, 5) is 0. The molecule has 0 amide bonds. The van der Waals surface area contributed by atoms with E-state index in [1.807, 2.05) is 0 Å². The van der Waals surface area contributed by atoms with Crippen LogP contribution >= 0.6 is 0 Å². The molecule has 1 aromatic carbocycles. The highest BCUT2D eigenvalue weighted by atomic mass is 14.9. The summed E-state index contributed by atoms with van der Waals surface area (Å²) in [5, 5.41) is 3.83. The number of nitrogens with one attached hydrogen (secondary N) is 1. The third-order valence-electron chi connectivity index (χ3n) is 4.13. The maximum absolute atomic E-state index is 3.83. The summed E-state index contributed by atoms with van der Waals surface area (Å²) in [6, 6.07) is 10.1. The first kappa shape index (κ1) is 13.6. The van der Waals surface area contributed by atoms with Crippen LogP contribution in [0.25, 0.3) is 0 Å². The van der Waals surface area contributed by atoms with Gasteiger partial charge >= 0.3 is 0 Å². The molecule has 100 valence electrons. The fourth-order valence-corrected chi connectivity index (χ4v) is 3.01. The Bertz CT molecular complexity index is 350. The standard InChI is InChI=1S/C17H27N/c1-14-9-8-10-16(13-14)15(2)18-17-11-6-4-3-5-7-12-17/h8-10,13,15,17-18H,3-7,11-12H2,1-2H3/t15-/m1/s1. The van der Waals surface area contributed by atoms with Gasteiger partial charge in [-0.2, -0.15) is 0 Å². The molecule has 0 aliphatic heterocycles. The molecular formula is C17H27N. The maximum Gasteiger partial charge on any atom is 0.0294 e. The molecule has 18 heavy (non-hydrogen) atoms. The molecule has 0 bridgehead atoms. The van der Waals surface area contributed by atoms with Gasteiger partial charge in [0.15, 0.2) is 0 Å². The van der Waals surface area contributed by atoms with Gasteiger partial charge in [-0.1, -0.05) is 61.9 Å². The average molecular weight is 245 g/mol. The molecule has 2 rings (SSSR count). The second kappa shape index (κ2) is 6.94. The van der Waals surface area contributed by atoms with Crippen molar-refractivity contribution in [2.24, 2.45) is 0 Å². The highest BCUT2D eigenvalue weighted by molar-refractivity contribution is 5.24. The minimum atomic E-state index is 0.481. The predicted molar refractivity (Wildman–Crippen MR) is 78.8 cm³/mol. The Morgan fingerprint density at radius 1 is 1.06 bits per heavy atom. The quantitative estimate of drug-likeness (QED) is 0.809. The van der Waals surface area contributed by atoms with E-state index in [9.17, 15) is 0 Å². The molecule has 1 N–H and O–H groups in total. The van der Waals surface area contributed by atoms with Crippen LogP contribution in [0.2, 0.25) is 0 Å². The zero-order valence-electron chi connectivity index (χ0n) is 11.9. The first-order valence-corrected chi connectivity index (χ1v) is 7.58. The largest absolute Gasteiger partial charge is 0.307 e. The lowest BCUT2D eigenvalue weighted by Crippen LogP contribution is -2.32. The molecule has 1 fully saturated rings. The van der Waals surface area contributed by atoms with Crippen LogP contribution < -0.4 is 5.32 Å². The van der Waals surface area contributed by atoms with Gasteiger partial charge in [0.05, 0.1) is 0 Å². The summed E-state index contributed by atoms with van der Waals surface area (Å²) in [6.45, 7) is 4.47. The molecule has 1 nitrogen and oxygen atoms in total. The van der Waals surface area contributed by atoms with Gasteiger partial charge in [-0.15, -0.1) is 0 Å². The molecule has 0 aromatic heterocycles. The lowest BCUT2D eigenvalue weighted by molar-refractivity contribution is 0.362. The molecule has 0 radical (unpaired) electrons. The van der Waals surface area contributed by atoms with E-state index < -0.39 is 0 Å².